The summed E-state index contributed by atoms with van der Waals surface area (Å²) in [5, 5.41) is 7.08. The van der Waals surface area contributed by atoms with E-state index < -0.39 is 0 Å². The molecule has 1 aliphatic heterocycles. The molecule has 5 nitrogen and oxygen atoms in total. The number of aromatic amines is 1. The van der Waals surface area contributed by atoms with Crippen molar-refractivity contribution in [3.8, 4) is 11.4 Å². The number of nitrogens with one attached hydrogen (secondary N) is 1. The highest BCUT2D eigenvalue weighted by Crippen LogP contribution is 2.17. The first kappa shape index (κ1) is 14.4. The van der Waals surface area contributed by atoms with E-state index in [1.165, 1.54) is 12.1 Å². The van der Waals surface area contributed by atoms with Crippen molar-refractivity contribution in [1.82, 2.24) is 19.7 Å². The lowest BCUT2D eigenvalue weighted by Gasteiger charge is -2.26. The molecule has 1 N–H and O–H groups in total. The van der Waals surface area contributed by atoms with Crippen LogP contribution in [0.2, 0.25) is 0 Å². The van der Waals surface area contributed by atoms with Crippen molar-refractivity contribution < 1.29 is 9.13 Å². The number of halogens is 1. The Kier molecular flexibility index (Phi) is 4.42. The van der Waals surface area contributed by atoms with Gasteiger partial charge in [0.05, 0.1) is 13.2 Å². The third kappa shape index (κ3) is 3.37. The quantitative estimate of drug-likeness (QED) is 0.879. The number of nitrogens with zero attached hydrogens (tertiary/aromatic N) is 3. The zero-order chi connectivity index (χ0) is 14.7. The van der Waals surface area contributed by atoms with E-state index in [-0.39, 0.29) is 5.82 Å². The summed E-state index contributed by atoms with van der Waals surface area (Å²) in [6.07, 6.45) is 0. The lowest BCUT2D eigenvalue weighted by molar-refractivity contribution is 0.0364. The molecule has 112 valence electrons. The normalized spacial score (nSPS) is 16.2. The molecular formula is C14H17FN4OS. The van der Waals surface area contributed by atoms with E-state index >= 15 is 0 Å². The Bertz CT molecular complexity index is 646. The summed E-state index contributed by atoms with van der Waals surface area (Å²) >= 11 is 5.29. The minimum atomic E-state index is -0.257. The van der Waals surface area contributed by atoms with Crippen LogP contribution in [0.4, 0.5) is 4.39 Å². The van der Waals surface area contributed by atoms with Crippen LogP contribution in [-0.4, -0.2) is 52.5 Å². The molecule has 0 aliphatic carbocycles. The molecule has 1 aromatic heterocycles. The summed E-state index contributed by atoms with van der Waals surface area (Å²) in [6.45, 7) is 5.09. The fourth-order valence-electron chi connectivity index (χ4n) is 2.41. The zero-order valence-electron chi connectivity index (χ0n) is 11.6. The van der Waals surface area contributed by atoms with Crippen molar-refractivity contribution in [3.05, 3.63) is 34.9 Å². The molecule has 0 amide bonds. The highest BCUT2D eigenvalue weighted by molar-refractivity contribution is 7.71. The van der Waals surface area contributed by atoms with Gasteiger partial charge in [-0.15, -0.1) is 0 Å². The molecule has 0 saturated carbocycles. The van der Waals surface area contributed by atoms with Gasteiger partial charge in [0.2, 0.25) is 0 Å². The first-order chi connectivity index (χ1) is 10.2. The zero-order valence-corrected chi connectivity index (χ0v) is 12.4. The number of morpholine rings is 1. The molecule has 0 bridgehead atoms. The predicted octanol–water partition coefficient (Wildman–Crippen LogP) is 2.08. The third-order valence-corrected chi connectivity index (χ3v) is 3.92. The van der Waals surface area contributed by atoms with Gasteiger partial charge in [0.1, 0.15) is 5.82 Å². The molecule has 1 fully saturated rings. The fraction of sp³-hybridized carbons (Fsp3) is 0.429. The molecule has 0 spiro atoms. The van der Waals surface area contributed by atoms with E-state index in [2.05, 4.69) is 15.1 Å². The number of H-pyrrole nitrogens is 1. The van der Waals surface area contributed by atoms with Gasteiger partial charge in [0.15, 0.2) is 10.6 Å². The number of ether oxygens (including phenoxy) is 1. The molecule has 21 heavy (non-hydrogen) atoms. The van der Waals surface area contributed by atoms with E-state index in [0.29, 0.717) is 4.77 Å². The number of hydrogen-bond donors (Lipinski definition) is 1. The summed E-state index contributed by atoms with van der Waals surface area (Å²) in [5.74, 6) is 0.487. The van der Waals surface area contributed by atoms with Crippen LogP contribution in [0.25, 0.3) is 11.4 Å². The molecule has 1 saturated heterocycles. The maximum Gasteiger partial charge on any atom is 0.195 e. The van der Waals surface area contributed by atoms with E-state index in [1.807, 2.05) is 4.57 Å². The van der Waals surface area contributed by atoms with Gasteiger partial charge in [0, 0.05) is 31.7 Å². The van der Waals surface area contributed by atoms with Crippen molar-refractivity contribution in [1.29, 1.82) is 0 Å². The Morgan fingerprint density at radius 3 is 2.62 bits per heavy atom. The van der Waals surface area contributed by atoms with Crippen LogP contribution in [0.5, 0.6) is 0 Å². The summed E-state index contributed by atoms with van der Waals surface area (Å²) < 4.78 is 20.9. The van der Waals surface area contributed by atoms with E-state index in [0.717, 1.165) is 50.8 Å². The first-order valence-electron chi connectivity index (χ1n) is 6.95. The molecule has 2 heterocycles. The second kappa shape index (κ2) is 6.46. The Morgan fingerprint density at radius 1 is 1.19 bits per heavy atom. The smallest absolute Gasteiger partial charge is 0.195 e. The molecule has 1 aliphatic rings. The Labute approximate surface area is 127 Å². The SMILES string of the molecule is Fc1ccc(-c2n[nH]c(=S)n2CCN2CCOCC2)cc1. The van der Waals surface area contributed by atoms with E-state index in [9.17, 15) is 4.39 Å². The van der Waals surface area contributed by atoms with Crippen LogP contribution in [0.1, 0.15) is 0 Å². The molecule has 2 aromatic rings. The van der Waals surface area contributed by atoms with Crippen LogP contribution in [0, 0.1) is 10.6 Å². The molecule has 0 unspecified atom stereocenters. The third-order valence-electron chi connectivity index (χ3n) is 3.60. The standard InChI is InChI=1S/C14H17FN4OS/c15-12-3-1-11(2-4-12)13-16-17-14(21)19(13)6-5-18-7-9-20-10-8-18/h1-4H,5-10H2,(H,17,21). The Balaban J connectivity index is 1.77. The van der Waals surface area contributed by atoms with Gasteiger partial charge in [-0.3, -0.25) is 14.6 Å². The number of rotatable bonds is 4. The average molecular weight is 308 g/mol. The first-order valence-corrected chi connectivity index (χ1v) is 7.36. The highest BCUT2D eigenvalue weighted by atomic mass is 32.1. The van der Waals surface area contributed by atoms with Crippen LogP contribution in [0.3, 0.4) is 0 Å². The van der Waals surface area contributed by atoms with Crippen LogP contribution < -0.4 is 0 Å². The molecule has 7 heteroatoms. The van der Waals surface area contributed by atoms with Gasteiger partial charge < -0.3 is 4.74 Å². The number of benzene rings is 1. The average Bonchev–Trinajstić information content (AvgIpc) is 2.88. The Hall–Kier alpha value is -1.57. The van der Waals surface area contributed by atoms with Gasteiger partial charge in [-0.25, -0.2) is 4.39 Å². The summed E-state index contributed by atoms with van der Waals surface area (Å²) in [4.78, 5) is 2.34. The van der Waals surface area contributed by atoms with Crippen molar-refractivity contribution in [3.63, 3.8) is 0 Å². The van der Waals surface area contributed by atoms with Gasteiger partial charge in [-0.1, -0.05) is 0 Å². The molecule has 0 radical (unpaired) electrons. The molecule has 1 aromatic carbocycles. The number of hydrogen-bond acceptors (Lipinski definition) is 4. The predicted molar refractivity (Wildman–Crippen MR) is 80.1 cm³/mol. The highest BCUT2D eigenvalue weighted by Gasteiger charge is 2.13. The van der Waals surface area contributed by atoms with Crippen LogP contribution >= 0.6 is 12.2 Å². The second-order valence-electron chi connectivity index (χ2n) is 4.96. The molecule has 3 rings (SSSR count). The maximum atomic E-state index is 13.0. The van der Waals surface area contributed by atoms with Gasteiger partial charge in [-0.2, -0.15) is 5.10 Å². The molecule has 0 atom stereocenters. The maximum absolute atomic E-state index is 13.0. The fourth-order valence-corrected chi connectivity index (χ4v) is 2.63. The lowest BCUT2D eigenvalue weighted by Crippen LogP contribution is -2.38. The lowest BCUT2D eigenvalue weighted by atomic mass is 10.2. The van der Waals surface area contributed by atoms with Crippen molar-refractivity contribution in [2.24, 2.45) is 0 Å². The van der Waals surface area contributed by atoms with Crippen LogP contribution in [-0.2, 0) is 11.3 Å². The van der Waals surface area contributed by atoms with Crippen molar-refractivity contribution in [2.45, 2.75) is 6.54 Å². The van der Waals surface area contributed by atoms with Gasteiger partial charge >= 0.3 is 0 Å². The molecular weight excluding hydrogens is 291 g/mol. The van der Waals surface area contributed by atoms with Gasteiger partial charge in [-0.05, 0) is 36.5 Å². The number of aromatic nitrogens is 3. The monoisotopic (exact) mass is 308 g/mol. The van der Waals surface area contributed by atoms with Crippen LogP contribution in [0.15, 0.2) is 24.3 Å². The van der Waals surface area contributed by atoms with Crippen molar-refractivity contribution in [2.75, 3.05) is 32.8 Å². The minimum absolute atomic E-state index is 0.257. The summed E-state index contributed by atoms with van der Waals surface area (Å²) in [6, 6.07) is 6.29. The largest absolute Gasteiger partial charge is 0.379 e. The summed E-state index contributed by atoms with van der Waals surface area (Å²) in [7, 11) is 0. The van der Waals surface area contributed by atoms with Gasteiger partial charge in [0.25, 0.3) is 0 Å². The van der Waals surface area contributed by atoms with Crippen molar-refractivity contribution >= 4 is 12.2 Å². The van der Waals surface area contributed by atoms with E-state index in [1.54, 1.807) is 12.1 Å². The summed E-state index contributed by atoms with van der Waals surface area (Å²) in [5.41, 5.74) is 0.853. The topological polar surface area (TPSA) is 46.1 Å². The second-order valence-corrected chi connectivity index (χ2v) is 5.35. The minimum Gasteiger partial charge on any atom is -0.379 e. The van der Waals surface area contributed by atoms with E-state index in [4.69, 9.17) is 17.0 Å². The Morgan fingerprint density at radius 2 is 1.90 bits per heavy atom.